The lowest BCUT2D eigenvalue weighted by molar-refractivity contribution is -0.120. The molecule has 134 valence electrons. The van der Waals surface area contributed by atoms with Crippen molar-refractivity contribution >= 4 is 32.6 Å². The Morgan fingerprint density at radius 1 is 1.00 bits per heavy atom. The van der Waals surface area contributed by atoms with Crippen LogP contribution >= 0.6 is 0 Å². The number of hydrogen-bond acceptors (Lipinski definition) is 4. The molecular weight excluding hydrogens is 352 g/mol. The van der Waals surface area contributed by atoms with Crippen LogP contribution in [0.15, 0.2) is 65.7 Å². The van der Waals surface area contributed by atoms with Gasteiger partial charge in [-0.3, -0.25) is 9.59 Å². The normalized spacial score (nSPS) is 11.4. The SMILES string of the molecule is CCC(=O)NCC(=O)c1cn(S(=O)(=O)c2ccccc2)c2ccccc12. The number of para-hydroxylation sites is 1. The van der Waals surface area contributed by atoms with E-state index in [2.05, 4.69) is 5.32 Å². The van der Waals surface area contributed by atoms with Crippen molar-refractivity contribution in [1.82, 2.24) is 9.29 Å². The van der Waals surface area contributed by atoms with Crippen molar-refractivity contribution in [2.45, 2.75) is 18.2 Å². The zero-order valence-electron chi connectivity index (χ0n) is 14.2. The molecule has 26 heavy (non-hydrogen) atoms. The number of aromatic nitrogens is 1. The molecule has 3 rings (SSSR count). The molecule has 0 unspecified atom stereocenters. The van der Waals surface area contributed by atoms with Crippen LogP contribution in [0.4, 0.5) is 0 Å². The van der Waals surface area contributed by atoms with E-state index in [0.717, 1.165) is 3.97 Å². The lowest BCUT2D eigenvalue weighted by Crippen LogP contribution is -2.28. The van der Waals surface area contributed by atoms with Crippen LogP contribution < -0.4 is 5.32 Å². The Labute approximate surface area is 151 Å². The average molecular weight is 370 g/mol. The molecule has 0 aliphatic heterocycles. The molecule has 1 amide bonds. The number of fused-ring (bicyclic) bond motifs is 1. The maximum Gasteiger partial charge on any atom is 0.268 e. The number of nitrogens with one attached hydrogen (secondary N) is 1. The number of nitrogens with zero attached hydrogens (tertiary/aromatic N) is 1. The first-order valence-corrected chi connectivity index (χ1v) is 9.59. The van der Waals surface area contributed by atoms with Crippen LogP contribution in [-0.2, 0) is 14.8 Å². The first-order valence-electron chi connectivity index (χ1n) is 8.15. The summed E-state index contributed by atoms with van der Waals surface area (Å²) in [5.74, 6) is -0.580. The fourth-order valence-corrected chi connectivity index (χ4v) is 4.07. The second-order valence-corrected chi connectivity index (χ2v) is 7.54. The molecule has 6 nitrogen and oxygen atoms in total. The first-order chi connectivity index (χ1) is 12.4. The zero-order chi connectivity index (χ0) is 18.7. The fourth-order valence-electron chi connectivity index (χ4n) is 2.68. The van der Waals surface area contributed by atoms with Gasteiger partial charge in [0.05, 0.1) is 17.0 Å². The molecule has 0 bridgehead atoms. The highest BCUT2D eigenvalue weighted by Crippen LogP contribution is 2.26. The highest BCUT2D eigenvalue weighted by Gasteiger charge is 2.23. The van der Waals surface area contributed by atoms with E-state index in [9.17, 15) is 18.0 Å². The lowest BCUT2D eigenvalue weighted by atomic mass is 10.1. The minimum atomic E-state index is -3.84. The van der Waals surface area contributed by atoms with E-state index >= 15 is 0 Å². The summed E-state index contributed by atoms with van der Waals surface area (Å²) in [7, 11) is -3.84. The third-order valence-corrected chi connectivity index (χ3v) is 5.73. The molecule has 0 saturated carbocycles. The van der Waals surface area contributed by atoms with Crippen LogP contribution in [-0.4, -0.2) is 30.6 Å². The zero-order valence-corrected chi connectivity index (χ0v) is 15.0. The van der Waals surface area contributed by atoms with Crippen LogP contribution in [0.3, 0.4) is 0 Å². The molecule has 1 heterocycles. The molecule has 0 aliphatic carbocycles. The monoisotopic (exact) mass is 370 g/mol. The molecule has 0 saturated heterocycles. The van der Waals surface area contributed by atoms with Gasteiger partial charge in [-0.15, -0.1) is 0 Å². The summed E-state index contributed by atoms with van der Waals surface area (Å²) in [6, 6.07) is 14.8. The van der Waals surface area contributed by atoms with Crippen molar-refractivity contribution in [3.63, 3.8) is 0 Å². The van der Waals surface area contributed by atoms with Crippen LogP contribution in [0.5, 0.6) is 0 Å². The number of hydrogen-bond donors (Lipinski definition) is 1. The van der Waals surface area contributed by atoms with E-state index in [1.54, 1.807) is 49.4 Å². The standard InChI is InChI=1S/C19H18N2O4S/c1-2-19(23)20-12-18(22)16-13-21(17-11-7-6-10-15(16)17)26(24,25)14-8-4-3-5-9-14/h3-11,13H,2,12H2,1H3,(H,20,23). The molecule has 0 radical (unpaired) electrons. The van der Waals surface area contributed by atoms with Gasteiger partial charge in [-0.2, -0.15) is 0 Å². The van der Waals surface area contributed by atoms with E-state index in [1.807, 2.05) is 0 Å². The maximum atomic E-state index is 13.0. The quantitative estimate of drug-likeness (QED) is 0.676. The Bertz CT molecular complexity index is 1070. The average Bonchev–Trinajstić information content (AvgIpc) is 3.07. The fraction of sp³-hybridized carbons (Fsp3) is 0.158. The van der Waals surface area contributed by atoms with Gasteiger partial charge >= 0.3 is 0 Å². The van der Waals surface area contributed by atoms with Crippen molar-refractivity contribution in [2.75, 3.05) is 6.54 Å². The van der Waals surface area contributed by atoms with E-state index < -0.39 is 10.0 Å². The maximum absolute atomic E-state index is 13.0. The van der Waals surface area contributed by atoms with E-state index in [-0.39, 0.29) is 35.1 Å². The van der Waals surface area contributed by atoms with Crippen molar-refractivity contribution in [1.29, 1.82) is 0 Å². The van der Waals surface area contributed by atoms with Crippen LogP contribution in [0.2, 0.25) is 0 Å². The molecule has 3 aromatic rings. The largest absolute Gasteiger partial charge is 0.349 e. The Balaban J connectivity index is 2.09. The lowest BCUT2D eigenvalue weighted by Gasteiger charge is -2.07. The molecular formula is C19H18N2O4S. The van der Waals surface area contributed by atoms with Gasteiger partial charge in [0.2, 0.25) is 5.91 Å². The van der Waals surface area contributed by atoms with Gasteiger partial charge in [0.25, 0.3) is 10.0 Å². The summed E-state index contributed by atoms with van der Waals surface area (Å²) in [6.45, 7) is 1.52. The highest BCUT2D eigenvalue weighted by molar-refractivity contribution is 7.90. The first kappa shape index (κ1) is 17.9. The Hall–Kier alpha value is -2.93. The molecule has 0 fully saturated rings. The van der Waals surface area contributed by atoms with Crippen LogP contribution in [0.25, 0.3) is 10.9 Å². The second-order valence-electron chi connectivity index (χ2n) is 5.73. The number of carbonyl (C=O) groups is 2. The Morgan fingerprint density at radius 2 is 1.65 bits per heavy atom. The topological polar surface area (TPSA) is 85.2 Å². The minimum Gasteiger partial charge on any atom is -0.349 e. The van der Waals surface area contributed by atoms with E-state index in [1.165, 1.54) is 18.3 Å². The second kappa shape index (κ2) is 7.13. The van der Waals surface area contributed by atoms with Crippen molar-refractivity contribution in [3.8, 4) is 0 Å². The Morgan fingerprint density at radius 3 is 2.35 bits per heavy atom. The van der Waals surface area contributed by atoms with Gasteiger partial charge in [-0.1, -0.05) is 43.3 Å². The number of benzene rings is 2. The molecule has 1 aromatic heterocycles. The van der Waals surface area contributed by atoms with Gasteiger partial charge < -0.3 is 5.32 Å². The van der Waals surface area contributed by atoms with Crippen molar-refractivity contribution in [2.24, 2.45) is 0 Å². The summed E-state index contributed by atoms with van der Waals surface area (Å²) in [5, 5.41) is 3.06. The highest BCUT2D eigenvalue weighted by atomic mass is 32.2. The van der Waals surface area contributed by atoms with Gasteiger partial charge in [-0.25, -0.2) is 12.4 Å². The molecule has 0 aliphatic rings. The number of amides is 1. The van der Waals surface area contributed by atoms with E-state index in [0.29, 0.717) is 10.9 Å². The number of rotatable bonds is 6. The smallest absolute Gasteiger partial charge is 0.268 e. The van der Waals surface area contributed by atoms with Crippen molar-refractivity contribution in [3.05, 3.63) is 66.4 Å². The summed E-state index contributed by atoms with van der Waals surface area (Å²) in [6.07, 6.45) is 1.60. The van der Waals surface area contributed by atoms with Gasteiger partial charge in [0.1, 0.15) is 0 Å². The summed E-state index contributed by atoms with van der Waals surface area (Å²) >= 11 is 0. The molecule has 1 N–H and O–H groups in total. The summed E-state index contributed by atoms with van der Waals surface area (Å²) < 4.78 is 27.1. The minimum absolute atomic E-state index is 0.138. The van der Waals surface area contributed by atoms with E-state index in [4.69, 9.17) is 0 Å². The molecule has 2 aromatic carbocycles. The third-order valence-electron chi connectivity index (χ3n) is 4.05. The molecule has 0 spiro atoms. The summed E-state index contributed by atoms with van der Waals surface area (Å²) in [4.78, 5) is 24.1. The number of Topliss-reactive ketones (excluding diaryl/α,β-unsaturated/α-hetero) is 1. The molecule has 0 atom stereocenters. The van der Waals surface area contributed by atoms with Gasteiger partial charge in [0, 0.05) is 23.6 Å². The predicted molar refractivity (Wildman–Crippen MR) is 98.6 cm³/mol. The predicted octanol–water partition coefficient (Wildman–Crippen LogP) is 2.59. The third kappa shape index (κ3) is 3.25. The Kier molecular flexibility index (Phi) is 4.90. The van der Waals surface area contributed by atoms with Crippen LogP contribution in [0, 0.1) is 0 Å². The van der Waals surface area contributed by atoms with Crippen LogP contribution in [0.1, 0.15) is 23.7 Å². The number of ketones is 1. The van der Waals surface area contributed by atoms with Crippen molar-refractivity contribution < 1.29 is 18.0 Å². The van der Waals surface area contributed by atoms with Gasteiger partial charge in [-0.05, 0) is 18.2 Å². The summed E-state index contributed by atoms with van der Waals surface area (Å²) in [5.41, 5.74) is 0.679. The molecule has 7 heteroatoms. The number of carbonyl (C=O) groups excluding carboxylic acids is 2. The van der Waals surface area contributed by atoms with Gasteiger partial charge in [0.15, 0.2) is 5.78 Å².